The number of ether oxygens (including phenoxy) is 2. The average Bonchev–Trinajstić information content (AvgIpc) is 3.65. The van der Waals surface area contributed by atoms with Crippen LogP contribution >= 0.6 is 0 Å². The zero-order valence-corrected chi connectivity index (χ0v) is 23.4. The molecule has 1 saturated carbocycles. The molecule has 40 heavy (non-hydrogen) atoms. The Morgan fingerprint density at radius 1 is 1.25 bits per heavy atom. The van der Waals surface area contributed by atoms with Crippen LogP contribution in [0.15, 0.2) is 30.6 Å². The van der Waals surface area contributed by atoms with Crippen LogP contribution in [-0.2, 0) is 27.2 Å². The molecule has 2 aliphatic heterocycles. The fourth-order valence-corrected chi connectivity index (χ4v) is 6.17. The molecular formula is C30H38FN5O4. The standard InChI is InChI=1S/C30H38FN5O4/c1-30(2,3)40-29(38)36-24-10-9-21(13-24)27(36)28(37)34-23(15-32)12-20-8-7-19(14-26(20)31)22-16-33-35(17-22)18-25-6-4-5-11-39-25/h7-8,14,16-17,21,23-25,27H,4-6,9-13,18H2,1-3H3,(H,34,37)/t21-,23-,24+,25?,27-/m0/s1. The smallest absolute Gasteiger partial charge is 0.411 e. The van der Waals surface area contributed by atoms with E-state index < -0.39 is 35.5 Å². The molecule has 2 saturated heterocycles. The maximum absolute atomic E-state index is 15.2. The molecule has 9 nitrogen and oxygen atoms in total. The number of piperidine rings is 1. The van der Waals surface area contributed by atoms with Crippen LogP contribution < -0.4 is 5.32 Å². The van der Waals surface area contributed by atoms with Crippen molar-refractivity contribution in [2.75, 3.05) is 6.61 Å². The van der Waals surface area contributed by atoms with Crippen molar-refractivity contribution in [1.29, 1.82) is 5.26 Å². The number of rotatable bonds is 7. The van der Waals surface area contributed by atoms with Crippen molar-refractivity contribution >= 4 is 12.0 Å². The second-order valence-corrected chi connectivity index (χ2v) is 12.2. The van der Waals surface area contributed by atoms with E-state index in [1.165, 1.54) is 6.07 Å². The fourth-order valence-electron chi connectivity index (χ4n) is 6.17. The lowest BCUT2D eigenvalue weighted by atomic mass is 9.97. The van der Waals surface area contributed by atoms with Gasteiger partial charge in [0.25, 0.3) is 0 Å². The number of likely N-dealkylation sites (tertiary alicyclic amines) is 1. The highest BCUT2D eigenvalue weighted by Gasteiger charge is 2.52. The van der Waals surface area contributed by atoms with Crippen LogP contribution in [0.1, 0.15) is 64.9 Å². The molecule has 2 amide bonds. The first-order valence-corrected chi connectivity index (χ1v) is 14.3. The van der Waals surface area contributed by atoms with E-state index in [1.54, 1.807) is 44.0 Å². The van der Waals surface area contributed by atoms with E-state index in [0.29, 0.717) is 17.7 Å². The number of fused-ring (bicyclic) bond motifs is 2. The number of nitrogens with zero attached hydrogens (tertiary/aromatic N) is 4. The monoisotopic (exact) mass is 551 g/mol. The molecule has 5 rings (SSSR count). The predicted molar refractivity (Wildman–Crippen MR) is 145 cm³/mol. The highest BCUT2D eigenvalue weighted by Crippen LogP contribution is 2.43. The van der Waals surface area contributed by atoms with Gasteiger partial charge in [-0.25, -0.2) is 9.18 Å². The number of carbonyl (C=O) groups excluding carboxylic acids is 2. The van der Waals surface area contributed by atoms with Crippen molar-refractivity contribution in [3.8, 4) is 17.2 Å². The Morgan fingerprint density at radius 2 is 2.08 bits per heavy atom. The first-order valence-electron chi connectivity index (χ1n) is 14.3. The molecule has 1 aromatic heterocycles. The molecule has 3 heterocycles. The minimum absolute atomic E-state index is 0.0138. The molecule has 3 fully saturated rings. The Labute approximate surface area is 234 Å². The van der Waals surface area contributed by atoms with Gasteiger partial charge in [0.05, 0.1) is 24.9 Å². The zero-order valence-electron chi connectivity index (χ0n) is 23.4. The van der Waals surface area contributed by atoms with E-state index in [2.05, 4.69) is 16.5 Å². The maximum atomic E-state index is 15.2. The van der Waals surface area contributed by atoms with Crippen LogP contribution in [0.3, 0.4) is 0 Å². The molecular weight excluding hydrogens is 513 g/mol. The van der Waals surface area contributed by atoms with E-state index >= 15 is 4.39 Å². The number of hydrogen-bond donors (Lipinski definition) is 1. The summed E-state index contributed by atoms with van der Waals surface area (Å²) in [6.45, 7) is 6.81. The summed E-state index contributed by atoms with van der Waals surface area (Å²) in [5, 5.41) is 17.0. The molecule has 1 aliphatic carbocycles. The lowest BCUT2D eigenvalue weighted by molar-refractivity contribution is -0.128. The Hall–Kier alpha value is -3.45. The third-order valence-corrected chi connectivity index (χ3v) is 8.04. The largest absolute Gasteiger partial charge is 0.444 e. The molecule has 2 aromatic rings. The second-order valence-electron chi connectivity index (χ2n) is 12.2. The molecule has 1 aromatic carbocycles. The van der Waals surface area contributed by atoms with Crippen molar-refractivity contribution in [2.45, 2.75) is 102 Å². The fraction of sp³-hybridized carbons (Fsp3) is 0.600. The van der Waals surface area contributed by atoms with Crippen LogP contribution in [0.4, 0.5) is 9.18 Å². The van der Waals surface area contributed by atoms with Crippen LogP contribution in [0.2, 0.25) is 0 Å². The summed E-state index contributed by atoms with van der Waals surface area (Å²) in [6, 6.07) is 5.30. The lowest BCUT2D eigenvalue weighted by Crippen LogP contribution is -2.55. The Kier molecular flexibility index (Phi) is 8.13. The Morgan fingerprint density at radius 3 is 2.77 bits per heavy atom. The molecule has 0 radical (unpaired) electrons. The van der Waals surface area contributed by atoms with Gasteiger partial charge in [-0.05, 0) is 82.4 Å². The van der Waals surface area contributed by atoms with Crippen molar-refractivity contribution in [3.05, 3.63) is 42.0 Å². The topological polar surface area (TPSA) is 109 Å². The summed E-state index contributed by atoms with van der Waals surface area (Å²) in [4.78, 5) is 27.8. The van der Waals surface area contributed by atoms with E-state index in [-0.39, 0.29) is 24.5 Å². The number of hydrogen-bond acceptors (Lipinski definition) is 6. The molecule has 214 valence electrons. The van der Waals surface area contributed by atoms with Gasteiger partial charge < -0.3 is 14.8 Å². The van der Waals surface area contributed by atoms with E-state index in [9.17, 15) is 14.9 Å². The number of carbonyl (C=O) groups is 2. The minimum Gasteiger partial charge on any atom is -0.444 e. The Bertz CT molecular complexity index is 1280. The van der Waals surface area contributed by atoms with Crippen LogP contribution in [0.25, 0.3) is 11.1 Å². The van der Waals surface area contributed by atoms with Gasteiger partial charge in [0.2, 0.25) is 5.91 Å². The van der Waals surface area contributed by atoms with Gasteiger partial charge in [0.1, 0.15) is 23.5 Å². The van der Waals surface area contributed by atoms with Gasteiger partial charge in [-0.2, -0.15) is 10.4 Å². The zero-order chi connectivity index (χ0) is 28.4. The van der Waals surface area contributed by atoms with Crippen LogP contribution in [0, 0.1) is 23.1 Å². The van der Waals surface area contributed by atoms with Crippen LogP contribution in [0.5, 0.6) is 0 Å². The van der Waals surface area contributed by atoms with E-state index in [4.69, 9.17) is 9.47 Å². The third-order valence-electron chi connectivity index (χ3n) is 8.04. The summed E-state index contributed by atoms with van der Waals surface area (Å²) >= 11 is 0. The van der Waals surface area contributed by atoms with Gasteiger partial charge in [0, 0.05) is 30.8 Å². The molecule has 3 aliphatic rings. The molecule has 2 bridgehead atoms. The second kappa shape index (κ2) is 11.6. The van der Waals surface area contributed by atoms with Crippen molar-refractivity contribution in [1.82, 2.24) is 20.0 Å². The summed E-state index contributed by atoms with van der Waals surface area (Å²) in [7, 11) is 0. The van der Waals surface area contributed by atoms with Gasteiger partial charge in [-0.3, -0.25) is 14.4 Å². The third kappa shape index (κ3) is 6.30. The number of amides is 2. The van der Waals surface area contributed by atoms with Crippen molar-refractivity contribution in [3.63, 3.8) is 0 Å². The van der Waals surface area contributed by atoms with Gasteiger partial charge in [-0.15, -0.1) is 0 Å². The van der Waals surface area contributed by atoms with Crippen LogP contribution in [-0.4, -0.2) is 63.1 Å². The normalized spacial score (nSPS) is 24.9. The number of nitrogens with one attached hydrogen (secondary N) is 1. The number of halogens is 1. The highest BCUT2D eigenvalue weighted by atomic mass is 19.1. The number of aromatic nitrogens is 2. The van der Waals surface area contributed by atoms with Gasteiger partial charge >= 0.3 is 6.09 Å². The molecule has 1 N–H and O–H groups in total. The first kappa shape index (κ1) is 28.1. The molecule has 1 unspecified atom stereocenters. The highest BCUT2D eigenvalue weighted by molar-refractivity contribution is 5.87. The van der Waals surface area contributed by atoms with E-state index in [1.807, 2.05) is 10.9 Å². The van der Waals surface area contributed by atoms with Crippen molar-refractivity contribution < 1.29 is 23.5 Å². The summed E-state index contributed by atoms with van der Waals surface area (Å²) in [5.74, 6) is -0.819. The van der Waals surface area contributed by atoms with E-state index in [0.717, 1.165) is 50.7 Å². The number of benzene rings is 1. The maximum Gasteiger partial charge on any atom is 0.411 e. The minimum atomic E-state index is -0.939. The number of nitriles is 1. The molecule has 5 atom stereocenters. The van der Waals surface area contributed by atoms with Gasteiger partial charge in [0.15, 0.2) is 0 Å². The molecule has 0 spiro atoms. The average molecular weight is 552 g/mol. The predicted octanol–water partition coefficient (Wildman–Crippen LogP) is 4.60. The lowest BCUT2D eigenvalue weighted by Gasteiger charge is -2.35. The SMILES string of the molecule is CC(C)(C)OC(=O)N1[C@@H]2CC[C@@H](C2)[C@H]1C(=O)N[C@H](C#N)Cc1ccc(-c2cnn(CC3CCCCO3)c2)cc1F. The molecule has 10 heteroatoms. The summed E-state index contributed by atoms with van der Waals surface area (Å²) < 4.78 is 28.3. The summed E-state index contributed by atoms with van der Waals surface area (Å²) in [5.41, 5.74) is 1.13. The summed E-state index contributed by atoms with van der Waals surface area (Å²) in [6.07, 6.45) is 8.93. The van der Waals surface area contributed by atoms with Crippen molar-refractivity contribution in [2.24, 2.45) is 5.92 Å². The first-order chi connectivity index (χ1) is 19.1. The quantitative estimate of drug-likeness (QED) is 0.539. The Balaban J connectivity index is 1.22. The van der Waals surface area contributed by atoms with Gasteiger partial charge in [-0.1, -0.05) is 12.1 Å².